The van der Waals surface area contributed by atoms with Gasteiger partial charge in [0.05, 0.1) is 6.61 Å². The van der Waals surface area contributed by atoms with Crippen LogP contribution in [0.2, 0.25) is 0 Å². The van der Waals surface area contributed by atoms with Crippen LogP contribution in [0.25, 0.3) is 0 Å². The van der Waals surface area contributed by atoms with E-state index in [9.17, 15) is 9.59 Å². The van der Waals surface area contributed by atoms with E-state index in [2.05, 4.69) is 29.8 Å². The van der Waals surface area contributed by atoms with Crippen molar-refractivity contribution in [2.75, 3.05) is 59.7 Å². The number of aryl methyl sites for hydroxylation is 1. The number of carbonyl (C=O) groups excluding carboxylic acids is 2. The largest absolute Gasteiger partial charge is 0.493 e. The summed E-state index contributed by atoms with van der Waals surface area (Å²) >= 11 is 0. The molecule has 2 atom stereocenters. The lowest BCUT2D eigenvalue weighted by Crippen LogP contribution is -2.38. The van der Waals surface area contributed by atoms with E-state index >= 15 is 0 Å². The molecule has 1 aromatic carbocycles. The second-order valence-electron chi connectivity index (χ2n) is 10.5. The Bertz CT molecular complexity index is 854. The zero-order valence-electron chi connectivity index (χ0n) is 22.5. The average molecular weight is 504 g/mol. The molecule has 3 N–H and O–H groups in total. The molecular weight excluding hydrogens is 458 g/mol. The molecule has 0 bridgehead atoms. The van der Waals surface area contributed by atoms with E-state index in [4.69, 9.17) is 14.2 Å². The maximum Gasteiger partial charge on any atom is 0.251 e. The van der Waals surface area contributed by atoms with Gasteiger partial charge >= 0.3 is 0 Å². The van der Waals surface area contributed by atoms with Gasteiger partial charge in [-0.25, -0.2) is 0 Å². The van der Waals surface area contributed by atoms with Gasteiger partial charge in [-0.2, -0.15) is 0 Å². The van der Waals surface area contributed by atoms with Crippen LogP contribution < -0.4 is 20.7 Å². The molecule has 36 heavy (non-hydrogen) atoms. The third-order valence-corrected chi connectivity index (χ3v) is 7.34. The smallest absolute Gasteiger partial charge is 0.251 e. The Morgan fingerprint density at radius 1 is 1.08 bits per heavy atom. The highest BCUT2D eigenvalue weighted by molar-refractivity contribution is 5.96. The fourth-order valence-corrected chi connectivity index (χ4v) is 5.16. The molecule has 2 saturated heterocycles. The van der Waals surface area contributed by atoms with E-state index in [1.165, 1.54) is 0 Å². The highest BCUT2D eigenvalue weighted by atomic mass is 16.5. The first-order chi connectivity index (χ1) is 17.4. The van der Waals surface area contributed by atoms with Crippen LogP contribution in [-0.2, 0) is 14.3 Å². The fraction of sp³-hybridized carbons (Fsp3) is 0.714. The van der Waals surface area contributed by atoms with E-state index in [0.717, 1.165) is 62.4 Å². The molecule has 3 rings (SSSR count). The molecule has 2 heterocycles. The minimum absolute atomic E-state index is 0.0744. The molecule has 202 valence electrons. The molecule has 0 radical (unpaired) electrons. The van der Waals surface area contributed by atoms with E-state index < -0.39 is 0 Å². The molecule has 0 aliphatic carbocycles. The van der Waals surface area contributed by atoms with Crippen LogP contribution in [0.1, 0.15) is 66.9 Å². The van der Waals surface area contributed by atoms with Crippen LogP contribution in [0.3, 0.4) is 0 Å². The quantitative estimate of drug-likeness (QED) is 0.358. The third-order valence-electron chi connectivity index (χ3n) is 7.34. The fourth-order valence-electron chi connectivity index (χ4n) is 5.16. The average Bonchev–Trinajstić information content (AvgIpc) is 3.32. The number of ether oxygens (including phenoxy) is 3. The lowest BCUT2D eigenvalue weighted by Gasteiger charge is -2.23. The van der Waals surface area contributed by atoms with Crippen LogP contribution in [0, 0.1) is 24.7 Å². The molecule has 2 aliphatic rings. The van der Waals surface area contributed by atoms with E-state index in [-0.39, 0.29) is 23.7 Å². The zero-order valence-corrected chi connectivity index (χ0v) is 22.5. The maximum absolute atomic E-state index is 13.3. The number of nitrogens with one attached hydrogen (secondary N) is 3. The van der Waals surface area contributed by atoms with E-state index in [1.807, 2.05) is 19.1 Å². The number of benzene rings is 1. The summed E-state index contributed by atoms with van der Waals surface area (Å²) in [6.07, 6.45) is 3.30. The van der Waals surface area contributed by atoms with Crippen molar-refractivity contribution in [2.24, 2.45) is 17.8 Å². The second kappa shape index (κ2) is 14.5. The van der Waals surface area contributed by atoms with Crippen LogP contribution in [0.15, 0.2) is 12.1 Å². The zero-order chi connectivity index (χ0) is 25.9. The van der Waals surface area contributed by atoms with E-state index in [1.54, 1.807) is 7.11 Å². The highest BCUT2D eigenvalue weighted by Crippen LogP contribution is 2.33. The Hall–Kier alpha value is -2.16. The summed E-state index contributed by atoms with van der Waals surface area (Å²) in [6, 6.07) is 3.86. The normalized spacial score (nSPS) is 20.5. The first-order valence-electron chi connectivity index (χ1n) is 13.5. The van der Waals surface area contributed by atoms with Crippen molar-refractivity contribution in [1.29, 1.82) is 0 Å². The Morgan fingerprint density at radius 2 is 1.78 bits per heavy atom. The molecule has 2 aliphatic heterocycles. The van der Waals surface area contributed by atoms with Crippen molar-refractivity contribution >= 4 is 11.8 Å². The number of rotatable bonds is 13. The molecule has 1 aromatic rings. The molecule has 8 nitrogen and oxygen atoms in total. The highest BCUT2D eigenvalue weighted by Gasteiger charge is 2.29. The number of hydrogen-bond acceptors (Lipinski definition) is 6. The summed E-state index contributed by atoms with van der Waals surface area (Å²) in [5.74, 6) is 2.00. The summed E-state index contributed by atoms with van der Waals surface area (Å²) in [6.45, 7) is 11.8. The van der Waals surface area contributed by atoms with Crippen molar-refractivity contribution in [1.82, 2.24) is 16.0 Å². The predicted molar refractivity (Wildman–Crippen MR) is 141 cm³/mol. The molecule has 2 amide bonds. The predicted octanol–water partition coefficient (Wildman–Crippen LogP) is 3.03. The topological polar surface area (TPSA) is 97.9 Å². The van der Waals surface area contributed by atoms with Crippen LogP contribution in [-0.4, -0.2) is 71.5 Å². The maximum atomic E-state index is 13.3. The van der Waals surface area contributed by atoms with Crippen LogP contribution in [0.4, 0.5) is 0 Å². The Labute approximate surface area is 216 Å². The molecule has 0 spiro atoms. The van der Waals surface area contributed by atoms with Gasteiger partial charge in [0.1, 0.15) is 5.75 Å². The number of methoxy groups -OCH3 is 1. The summed E-state index contributed by atoms with van der Waals surface area (Å²) in [5, 5.41) is 9.71. The monoisotopic (exact) mass is 503 g/mol. The molecule has 0 unspecified atom stereocenters. The van der Waals surface area contributed by atoms with E-state index in [0.29, 0.717) is 50.1 Å². The summed E-state index contributed by atoms with van der Waals surface area (Å²) in [7, 11) is 1.68. The summed E-state index contributed by atoms with van der Waals surface area (Å²) in [5.41, 5.74) is 2.65. The van der Waals surface area contributed by atoms with Crippen molar-refractivity contribution in [3.8, 4) is 5.75 Å². The molecule has 0 aromatic heterocycles. The number of amides is 2. The van der Waals surface area contributed by atoms with Gasteiger partial charge < -0.3 is 30.2 Å². The first kappa shape index (κ1) is 28.4. The van der Waals surface area contributed by atoms with Gasteiger partial charge in [0, 0.05) is 77.1 Å². The standard InChI is InChI=1S/C28H45N3O5/c1-19(2)26-24(7-6-20(3)27(26)36-11-5-10-34-4)28(33)31-18-23-16-29-15-22(23)17-30-25(32)14-21-8-12-35-13-9-21/h6-7,19,21-23,29H,5,8-18H2,1-4H3,(H,30,32)(H,31,33)/t22-,23-/m0/s1. The van der Waals surface area contributed by atoms with Crippen LogP contribution in [0.5, 0.6) is 5.75 Å². The molecule has 0 saturated carbocycles. The van der Waals surface area contributed by atoms with Gasteiger partial charge in [0.2, 0.25) is 5.91 Å². The van der Waals surface area contributed by atoms with Gasteiger partial charge in [-0.1, -0.05) is 19.9 Å². The van der Waals surface area contributed by atoms with Crippen LogP contribution >= 0.6 is 0 Å². The minimum Gasteiger partial charge on any atom is -0.493 e. The Balaban J connectivity index is 1.54. The SMILES string of the molecule is COCCCOc1c(C)ccc(C(=O)NC[C@@H]2CNC[C@H]2CNC(=O)CC2CCOCC2)c1C(C)C. The Morgan fingerprint density at radius 3 is 2.44 bits per heavy atom. The lowest BCUT2D eigenvalue weighted by atomic mass is 9.92. The first-order valence-corrected chi connectivity index (χ1v) is 13.5. The summed E-state index contributed by atoms with van der Waals surface area (Å²) in [4.78, 5) is 25.7. The third kappa shape index (κ3) is 8.18. The second-order valence-corrected chi connectivity index (χ2v) is 10.5. The van der Waals surface area contributed by atoms with Gasteiger partial charge in [-0.05, 0) is 55.1 Å². The minimum atomic E-state index is -0.0744. The van der Waals surface area contributed by atoms with Gasteiger partial charge in [0.15, 0.2) is 0 Å². The van der Waals surface area contributed by atoms with Crippen molar-refractivity contribution in [3.05, 3.63) is 28.8 Å². The summed E-state index contributed by atoms with van der Waals surface area (Å²) < 4.78 is 16.6. The number of carbonyl (C=O) groups is 2. The lowest BCUT2D eigenvalue weighted by molar-refractivity contribution is -0.122. The van der Waals surface area contributed by atoms with Gasteiger partial charge in [-0.15, -0.1) is 0 Å². The number of hydrogen-bond donors (Lipinski definition) is 3. The molecular formula is C28H45N3O5. The van der Waals surface area contributed by atoms with Gasteiger partial charge in [0.25, 0.3) is 5.91 Å². The van der Waals surface area contributed by atoms with Crippen molar-refractivity contribution in [3.63, 3.8) is 0 Å². The Kier molecular flexibility index (Phi) is 11.5. The molecule has 8 heteroatoms. The molecule has 2 fully saturated rings. The van der Waals surface area contributed by atoms with Gasteiger partial charge in [-0.3, -0.25) is 9.59 Å². The van der Waals surface area contributed by atoms with Crippen molar-refractivity contribution < 1.29 is 23.8 Å². The van der Waals surface area contributed by atoms with Crippen molar-refractivity contribution in [2.45, 2.75) is 52.4 Å².